The van der Waals surface area contributed by atoms with Gasteiger partial charge in [-0.25, -0.2) is 14.2 Å². The van der Waals surface area contributed by atoms with E-state index < -0.39 is 52.4 Å². The Labute approximate surface area is 377 Å². The minimum absolute atomic E-state index is 0.0560. The number of thioether (sulfide) groups is 1. The van der Waals surface area contributed by atoms with Gasteiger partial charge in [-0.2, -0.15) is 11.8 Å². The molecule has 14 nitrogen and oxygen atoms in total. The molecule has 2 aliphatic heterocycles. The Balaban J connectivity index is 0.891. The van der Waals surface area contributed by atoms with Gasteiger partial charge < -0.3 is 40.1 Å². The highest BCUT2D eigenvalue weighted by Gasteiger charge is 2.54. The molecular formula is C46H61FN6O8S2. The second-order valence-corrected chi connectivity index (χ2v) is 20.7. The lowest BCUT2D eigenvalue weighted by Gasteiger charge is -2.39. The lowest BCUT2D eigenvalue weighted by molar-refractivity contribution is -0.143. The van der Waals surface area contributed by atoms with Crippen molar-refractivity contribution in [2.45, 2.75) is 120 Å². The molecule has 1 aromatic heterocycles. The van der Waals surface area contributed by atoms with E-state index >= 15 is 4.39 Å². The zero-order valence-electron chi connectivity index (χ0n) is 36.6. The number of halogens is 1. The summed E-state index contributed by atoms with van der Waals surface area (Å²) >= 11 is 3.17. The van der Waals surface area contributed by atoms with Crippen molar-refractivity contribution in [1.29, 1.82) is 0 Å². The van der Waals surface area contributed by atoms with Crippen molar-refractivity contribution in [3.63, 3.8) is 0 Å². The lowest BCUT2D eigenvalue weighted by Crippen LogP contribution is -2.61. The minimum atomic E-state index is -1.99. The second kappa shape index (κ2) is 20.2. The first-order valence-corrected chi connectivity index (χ1v) is 23.9. The summed E-state index contributed by atoms with van der Waals surface area (Å²) in [6, 6.07) is 10.9. The summed E-state index contributed by atoms with van der Waals surface area (Å²) in [5.41, 5.74) is 3.07. The van der Waals surface area contributed by atoms with Crippen molar-refractivity contribution >= 4 is 52.6 Å². The molecule has 17 heteroatoms. The summed E-state index contributed by atoms with van der Waals surface area (Å²) < 4.78 is 25.9. The highest BCUT2D eigenvalue weighted by Crippen LogP contribution is 2.42. The van der Waals surface area contributed by atoms with Gasteiger partial charge in [0.2, 0.25) is 11.8 Å². The summed E-state index contributed by atoms with van der Waals surface area (Å²) in [6.45, 7) is 8.85. The Morgan fingerprint density at radius 2 is 1.73 bits per heavy atom. The van der Waals surface area contributed by atoms with Gasteiger partial charge in [0.05, 0.1) is 35.0 Å². The van der Waals surface area contributed by atoms with Crippen LogP contribution in [0.1, 0.15) is 82.9 Å². The van der Waals surface area contributed by atoms with Crippen molar-refractivity contribution in [2.75, 3.05) is 44.4 Å². The maximum Gasteiger partial charge on any atom is 0.409 e. The largest absolute Gasteiger partial charge is 0.494 e. The lowest BCUT2D eigenvalue weighted by atomic mass is 9.82. The number of hydrogen-bond acceptors (Lipinski definition) is 11. The zero-order valence-corrected chi connectivity index (χ0v) is 38.2. The van der Waals surface area contributed by atoms with E-state index in [2.05, 4.69) is 25.8 Å². The first kappa shape index (κ1) is 46.5. The van der Waals surface area contributed by atoms with E-state index in [1.54, 1.807) is 41.3 Å². The van der Waals surface area contributed by atoms with Crippen LogP contribution >= 0.6 is 23.1 Å². The van der Waals surface area contributed by atoms with Crippen LogP contribution in [0, 0.1) is 18.8 Å². The molecule has 2 saturated carbocycles. The van der Waals surface area contributed by atoms with Crippen LogP contribution in [-0.2, 0) is 20.9 Å². The molecule has 342 valence electrons. The maximum absolute atomic E-state index is 15.1. The van der Waals surface area contributed by atoms with Crippen LogP contribution in [0.4, 0.5) is 14.9 Å². The van der Waals surface area contributed by atoms with Crippen LogP contribution < -0.4 is 25.4 Å². The van der Waals surface area contributed by atoms with Gasteiger partial charge in [-0.15, -0.1) is 11.3 Å². The number of carbonyl (C=O) groups is 4. The molecule has 0 bridgehead atoms. The number of nitrogens with one attached hydrogen (secondary N) is 3. The number of amides is 4. The number of likely N-dealkylation sites (tertiary alicyclic amines) is 2. The second-order valence-electron chi connectivity index (χ2n) is 18.2. The molecule has 2 aromatic carbocycles. The Bertz CT molecular complexity index is 2080. The highest BCUT2D eigenvalue weighted by atomic mass is 32.2. The number of rotatable bonds is 17. The highest BCUT2D eigenvalue weighted by molar-refractivity contribution is 8.00. The van der Waals surface area contributed by atoms with E-state index in [9.17, 15) is 24.3 Å². The number of anilines is 1. The van der Waals surface area contributed by atoms with Crippen molar-refractivity contribution in [3.8, 4) is 21.9 Å². The smallest absolute Gasteiger partial charge is 0.409 e. The summed E-state index contributed by atoms with van der Waals surface area (Å²) in [7, 11) is 1.49. The van der Waals surface area contributed by atoms with Gasteiger partial charge in [0.1, 0.15) is 29.7 Å². The summed E-state index contributed by atoms with van der Waals surface area (Å²) in [6.07, 6.45) is 4.36. The van der Waals surface area contributed by atoms with Crippen LogP contribution in [0.25, 0.3) is 10.4 Å². The van der Waals surface area contributed by atoms with E-state index in [1.807, 2.05) is 50.5 Å². The summed E-state index contributed by atoms with van der Waals surface area (Å²) in [4.78, 5) is 61.7. The number of benzene rings is 2. The Morgan fingerprint density at radius 1 is 1.03 bits per heavy atom. The number of piperidine rings is 1. The predicted molar refractivity (Wildman–Crippen MR) is 242 cm³/mol. The number of ether oxygens (including phenoxy) is 2. The molecule has 3 atom stereocenters. The molecule has 7 rings (SSSR count). The molecule has 2 aliphatic carbocycles. The summed E-state index contributed by atoms with van der Waals surface area (Å²) in [5.74, 6) is 1.15. The third kappa shape index (κ3) is 11.8. The van der Waals surface area contributed by atoms with Gasteiger partial charge in [-0.05, 0) is 113 Å². The monoisotopic (exact) mass is 908 g/mol. The fraction of sp³-hybridized carbons (Fsp3) is 0.587. The molecule has 0 spiro atoms. The normalized spacial score (nSPS) is 23.1. The van der Waals surface area contributed by atoms with Gasteiger partial charge >= 0.3 is 6.09 Å². The average molecular weight is 909 g/mol. The molecule has 5 N–H and O–H groups in total. The Morgan fingerprint density at radius 3 is 2.37 bits per heavy atom. The maximum atomic E-state index is 15.1. The van der Waals surface area contributed by atoms with Gasteiger partial charge in [0.15, 0.2) is 5.67 Å². The van der Waals surface area contributed by atoms with Gasteiger partial charge in [0.25, 0.3) is 5.91 Å². The van der Waals surface area contributed by atoms with Gasteiger partial charge in [0, 0.05) is 50.0 Å². The van der Waals surface area contributed by atoms with Crippen molar-refractivity contribution < 1.29 is 43.3 Å². The molecule has 4 fully saturated rings. The third-order valence-electron chi connectivity index (χ3n) is 13.0. The van der Waals surface area contributed by atoms with Gasteiger partial charge in [-0.1, -0.05) is 24.3 Å². The molecule has 0 radical (unpaired) electrons. The first-order chi connectivity index (χ1) is 30.1. The van der Waals surface area contributed by atoms with E-state index in [0.717, 1.165) is 85.6 Å². The van der Waals surface area contributed by atoms with E-state index in [-0.39, 0.29) is 38.5 Å². The molecule has 3 aromatic rings. The molecule has 63 heavy (non-hydrogen) atoms. The number of nitrogens with zero attached hydrogens (tertiary/aromatic N) is 3. The van der Waals surface area contributed by atoms with Crippen LogP contribution in [0.2, 0.25) is 0 Å². The molecular weight excluding hydrogens is 848 g/mol. The first-order valence-electron chi connectivity index (χ1n) is 22.1. The fourth-order valence-electron chi connectivity index (χ4n) is 8.99. The van der Waals surface area contributed by atoms with Gasteiger partial charge in [-0.3, -0.25) is 19.7 Å². The minimum Gasteiger partial charge on any atom is -0.494 e. The van der Waals surface area contributed by atoms with E-state index in [4.69, 9.17) is 14.6 Å². The predicted octanol–water partition coefficient (Wildman–Crippen LogP) is 6.64. The van der Waals surface area contributed by atoms with Crippen molar-refractivity contribution in [1.82, 2.24) is 25.4 Å². The number of aryl methyl sites for hydroxylation is 1. The number of alkyl halides is 1. The Kier molecular flexibility index (Phi) is 14.9. The van der Waals surface area contributed by atoms with Crippen LogP contribution in [0.15, 0.2) is 48.0 Å². The standard InChI is InChI=1S/C46H61FN6O8S2/c1-28-39(62-27-49-28)32-11-9-29(10-12-32)23-48-41(55)37-21-33(54)25-53(37)42(56)40(51-43(57)46(47)17-18-46)45(2,3)63-26-31-7-5-30(6-8-31)24-52-19-15-34(16-20-52)61-35-13-14-36(50-44(58)59)38(22-35)60-4/h9-14,22,27,30-31,33-34,37,40,50,54H,5-8,15-21,23-26H2,1-4H3,(H,48,55)(H,51,57)(H,58,59)/t30?,31?,33-,37+,40+/m1/s1. The molecule has 2 saturated heterocycles. The summed E-state index contributed by atoms with van der Waals surface area (Å²) in [5, 5.41) is 27.9. The molecule has 3 heterocycles. The van der Waals surface area contributed by atoms with Crippen LogP contribution in [0.3, 0.4) is 0 Å². The molecule has 4 amide bonds. The number of aliphatic hydroxyl groups is 1. The number of carbonyl (C=O) groups excluding carboxylic acids is 3. The number of β-amino-alcohol motifs (C(OH)–C–C–N with tert-alkyl or cyclic N) is 1. The SMILES string of the molecule is COc1cc(OC2CCN(CC3CCC(CSC(C)(C)[C@@H](NC(=O)C4(F)CC4)C(=O)N4C[C@H](O)C[C@H]4C(=O)NCc4ccc(-c5scnc5C)cc4)CC3)CC2)ccc1NC(=O)O. The van der Waals surface area contributed by atoms with Crippen molar-refractivity contribution in [3.05, 3.63) is 59.2 Å². The van der Waals surface area contributed by atoms with E-state index in [0.29, 0.717) is 29.0 Å². The quantitative estimate of drug-likeness (QED) is 0.0979. The molecule has 4 aliphatic rings. The number of hydrogen-bond donors (Lipinski definition) is 5. The topological polar surface area (TPSA) is 183 Å². The van der Waals surface area contributed by atoms with Crippen LogP contribution in [0.5, 0.6) is 11.5 Å². The van der Waals surface area contributed by atoms with E-state index in [1.165, 1.54) is 12.0 Å². The Hall–Kier alpha value is -4.45. The van der Waals surface area contributed by atoms with Crippen molar-refractivity contribution in [2.24, 2.45) is 11.8 Å². The fourth-order valence-corrected chi connectivity index (χ4v) is 11.1. The molecule has 0 unspecified atom stereocenters. The number of methoxy groups -OCH3 is 1. The number of thiazole rings is 1. The average Bonchev–Trinajstić information content (AvgIpc) is 3.68. The number of aromatic nitrogens is 1. The third-order valence-corrected chi connectivity index (χ3v) is 15.6. The zero-order chi connectivity index (χ0) is 44.9. The number of carboxylic acid groups (broad SMARTS) is 1. The van der Waals surface area contributed by atoms with Crippen LogP contribution in [-0.4, -0.2) is 123 Å². The number of aliphatic hydroxyl groups excluding tert-OH is 1.